The second kappa shape index (κ2) is 5.30. The van der Waals surface area contributed by atoms with Crippen molar-refractivity contribution >= 4 is 15.6 Å². The average molecular weight is 244 g/mol. The van der Waals surface area contributed by atoms with E-state index in [1.54, 1.807) is 19.9 Å². The number of Topliss-reactive ketones (excluding diaryl/α,β-unsaturated/α-hetero) is 1. The van der Waals surface area contributed by atoms with E-state index in [4.69, 9.17) is 4.42 Å². The maximum atomic E-state index is 11.6. The fraction of sp³-hybridized carbons (Fsp3) is 0.545. The quantitative estimate of drug-likeness (QED) is 0.718. The highest BCUT2D eigenvalue weighted by atomic mass is 32.2. The van der Waals surface area contributed by atoms with Crippen LogP contribution in [0.5, 0.6) is 0 Å². The summed E-state index contributed by atoms with van der Waals surface area (Å²) < 4.78 is 27.4. The lowest BCUT2D eigenvalue weighted by molar-refractivity contribution is 0.0981. The van der Waals surface area contributed by atoms with E-state index in [9.17, 15) is 13.2 Å². The van der Waals surface area contributed by atoms with Crippen LogP contribution >= 0.6 is 0 Å². The van der Waals surface area contributed by atoms with Crippen molar-refractivity contribution in [2.45, 2.75) is 26.7 Å². The van der Waals surface area contributed by atoms with Crippen molar-refractivity contribution in [3.63, 3.8) is 0 Å². The Morgan fingerprint density at radius 3 is 2.62 bits per heavy atom. The number of rotatable bonds is 6. The molecule has 0 aliphatic carbocycles. The molecule has 1 rings (SSSR count). The number of ketones is 1. The molecule has 0 spiro atoms. The molecule has 0 unspecified atom stereocenters. The summed E-state index contributed by atoms with van der Waals surface area (Å²) in [6.45, 7) is 3.37. The van der Waals surface area contributed by atoms with Crippen LogP contribution in [0.15, 0.2) is 16.7 Å². The molecule has 0 aromatic carbocycles. The minimum atomic E-state index is -2.97. The van der Waals surface area contributed by atoms with Gasteiger partial charge in [-0.3, -0.25) is 4.79 Å². The van der Waals surface area contributed by atoms with Gasteiger partial charge in [-0.05, 0) is 19.4 Å². The summed E-state index contributed by atoms with van der Waals surface area (Å²) in [6.07, 6.45) is 2.03. The van der Waals surface area contributed by atoms with Crippen LogP contribution in [0.25, 0.3) is 0 Å². The lowest BCUT2D eigenvalue weighted by Gasteiger charge is -1.99. The lowest BCUT2D eigenvalue weighted by atomic mass is 10.1. The van der Waals surface area contributed by atoms with Crippen LogP contribution in [0.2, 0.25) is 0 Å². The Labute approximate surface area is 95.6 Å². The molecule has 0 saturated carbocycles. The molecule has 0 amide bonds. The van der Waals surface area contributed by atoms with Crippen molar-refractivity contribution in [1.82, 2.24) is 0 Å². The van der Waals surface area contributed by atoms with Gasteiger partial charge >= 0.3 is 0 Å². The Bertz CT molecular complexity index is 456. The normalized spacial score (nSPS) is 11.6. The zero-order valence-corrected chi connectivity index (χ0v) is 10.3. The Morgan fingerprint density at radius 1 is 1.44 bits per heavy atom. The van der Waals surface area contributed by atoms with Gasteiger partial charge in [0.15, 0.2) is 5.78 Å². The van der Waals surface area contributed by atoms with Crippen molar-refractivity contribution in [2.24, 2.45) is 0 Å². The summed E-state index contributed by atoms with van der Waals surface area (Å²) in [4.78, 5) is 11.6. The molecule has 0 fully saturated rings. The summed E-state index contributed by atoms with van der Waals surface area (Å²) in [5.41, 5.74) is 0.520. The molecule has 90 valence electrons. The monoisotopic (exact) mass is 244 g/mol. The van der Waals surface area contributed by atoms with E-state index >= 15 is 0 Å². The highest BCUT2D eigenvalue weighted by Gasteiger charge is 2.12. The van der Waals surface area contributed by atoms with Gasteiger partial charge in [-0.1, -0.05) is 6.92 Å². The van der Waals surface area contributed by atoms with Gasteiger partial charge in [0.05, 0.1) is 11.3 Å². The summed E-state index contributed by atoms with van der Waals surface area (Å²) in [5.74, 6) is 0.825. The molecule has 1 aromatic heterocycles. The second-order valence-corrected chi connectivity index (χ2v) is 6.18. The van der Waals surface area contributed by atoms with Gasteiger partial charge in [0.25, 0.3) is 0 Å². The number of sulfone groups is 1. The Kier molecular flexibility index (Phi) is 4.29. The number of hydrogen-bond donors (Lipinski definition) is 0. The van der Waals surface area contributed by atoms with Crippen LogP contribution < -0.4 is 0 Å². The van der Waals surface area contributed by atoms with Crippen LogP contribution in [-0.2, 0) is 9.84 Å². The van der Waals surface area contributed by atoms with Crippen LogP contribution in [-0.4, -0.2) is 25.7 Å². The first kappa shape index (κ1) is 13.0. The van der Waals surface area contributed by atoms with Crippen LogP contribution in [0.4, 0.5) is 0 Å². The van der Waals surface area contributed by atoms with Gasteiger partial charge < -0.3 is 4.42 Å². The van der Waals surface area contributed by atoms with Gasteiger partial charge in [-0.15, -0.1) is 0 Å². The zero-order valence-electron chi connectivity index (χ0n) is 9.52. The van der Waals surface area contributed by atoms with Crippen molar-refractivity contribution in [1.29, 1.82) is 0 Å². The maximum absolute atomic E-state index is 11.6. The highest BCUT2D eigenvalue weighted by Crippen LogP contribution is 2.10. The third-order valence-electron chi connectivity index (χ3n) is 2.35. The van der Waals surface area contributed by atoms with E-state index in [-0.39, 0.29) is 23.7 Å². The lowest BCUT2D eigenvalue weighted by Crippen LogP contribution is -2.10. The Balaban J connectivity index is 2.43. The van der Waals surface area contributed by atoms with E-state index in [1.807, 2.05) is 0 Å². The number of carbonyl (C=O) groups is 1. The molecule has 0 atom stereocenters. The smallest absolute Gasteiger partial charge is 0.166 e. The maximum Gasteiger partial charge on any atom is 0.166 e. The van der Waals surface area contributed by atoms with Crippen LogP contribution in [0, 0.1) is 6.92 Å². The first-order chi connectivity index (χ1) is 7.44. The summed E-state index contributed by atoms with van der Waals surface area (Å²) in [7, 11) is -2.97. The zero-order chi connectivity index (χ0) is 12.2. The molecule has 0 aliphatic heterocycles. The molecule has 4 nitrogen and oxygen atoms in total. The second-order valence-electron chi connectivity index (χ2n) is 3.71. The summed E-state index contributed by atoms with van der Waals surface area (Å²) in [6, 6.07) is 1.66. The number of hydrogen-bond acceptors (Lipinski definition) is 4. The fourth-order valence-electron chi connectivity index (χ4n) is 1.33. The van der Waals surface area contributed by atoms with E-state index in [0.717, 1.165) is 0 Å². The third-order valence-corrected chi connectivity index (χ3v) is 4.14. The van der Waals surface area contributed by atoms with Crippen molar-refractivity contribution < 1.29 is 17.6 Å². The summed E-state index contributed by atoms with van der Waals surface area (Å²) >= 11 is 0. The molecule has 0 saturated heterocycles. The summed E-state index contributed by atoms with van der Waals surface area (Å²) in [5, 5.41) is 0. The fourth-order valence-corrected chi connectivity index (χ4v) is 2.20. The molecule has 5 heteroatoms. The number of aryl methyl sites for hydroxylation is 1. The predicted molar refractivity (Wildman–Crippen MR) is 61.3 cm³/mol. The molecule has 1 heterocycles. The van der Waals surface area contributed by atoms with Crippen molar-refractivity contribution in [3.8, 4) is 0 Å². The highest BCUT2D eigenvalue weighted by molar-refractivity contribution is 7.91. The van der Waals surface area contributed by atoms with E-state index < -0.39 is 9.84 Å². The SMILES string of the molecule is CCS(=O)(=O)CCCC(=O)c1coc(C)c1. The minimum Gasteiger partial charge on any atom is -0.469 e. The van der Waals surface area contributed by atoms with E-state index in [0.29, 0.717) is 17.7 Å². The van der Waals surface area contributed by atoms with Crippen molar-refractivity contribution in [2.75, 3.05) is 11.5 Å². The van der Waals surface area contributed by atoms with E-state index in [2.05, 4.69) is 0 Å². The van der Waals surface area contributed by atoms with Crippen LogP contribution in [0.3, 0.4) is 0 Å². The van der Waals surface area contributed by atoms with Gasteiger partial charge in [0, 0.05) is 12.2 Å². The molecular weight excluding hydrogens is 228 g/mol. The Morgan fingerprint density at radius 2 is 2.12 bits per heavy atom. The largest absolute Gasteiger partial charge is 0.469 e. The number of carbonyl (C=O) groups excluding carboxylic acids is 1. The third kappa shape index (κ3) is 3.81. The first-order valence-corrected chi connectivity index (χ1v) is 7.05. The minimum absolute atomic E-state index is 0.0665. The average Bonchev–Trinajstić information content (AvgIpc) is 2.64. The first-order valence-electron chi connectivity index (χ1n) is 5.23. The predicted octanol–water partition coefficient (Wildman–Crippen LogP) is 1.99. The molecule has 0 radical (unpaired) electrons. The molecule has 0 aliphatic rings. The van der Waals surface area contributed by atoms with E-state index in [1.165, 1.54) is 6.26 Å². The molecule has 0 N–H and O–H groups in total. The number of furan rings is 1. The van der Waals surface area contributed by atoms with Gasteiger partial charge in [-0.2, -0.15) is 0 Å². The molecule has 1 aromatic rings. The Hall–Kier alpha value is -1.10. The van der Waals surface area contributed by atoms with Gasteiger partial charge in [0.2, 0.25) is 0 Å². The van der Waals surface area contributed by atoms with Gasteiger partial charge in [-0.25, -0.2) is 8.42 Å². The van der Waals surface area contributed by atoms with Gasteiger partial charge in [0.1, 0.15) is 21.9 Å². The topological polar surface area (TPSA) is 64.3 Å². The molecule has 0 bridgehead atoms. The molecular formula is C11H16O4S. The standard InChI is InChI=1S/C11H16O4S/c1-3-16(13,14)6-4-5-11(12)10-7-9(2)15-8-10/h7-8H,3-6H2,1-2H3. The van der Waals surface area contributed by atoms with Crippen LogP contribution in [0.1, 0.15) is 35.9 Å². The molecule has 16 heavy (non-hydrogen) atoms. The van der Waals surface area contributed by atoms with Crippen molar-refractivity contribution in [3.05, 3.63) is 23.7 Å².